The van der Waals surface area contributed by atoms with Gasteiger partial charge >= 0.3 is 0 Å². The van der Waals surface area contributed by atoms with Gasteiger partial charge in [-0.3, -0.25) is 9.59 Å². The van der Waals surface area contributed by atoms with Gasteiger partial charge in [0, 0.05) is 29.9 Å². The molecule has 0 aliphatic rings. The Morgan fingerprint density at radius 2 is 1.82 bits per heavy atom. The van der Waals surface area contributed by atoms with Crippen molar-refractivity contribution in [3.63, 3.8) is 0 Å². The first-order valence-electron chi connectivity index (χ1n) is 10.6. The molecule has 2 heterocycles. The third-order valence-corrected chi connectivity index (χ3v) is 5.49. The van der Waals surface area contributed by atoms with Crippen LogP contribution in [0.5, 0.6) is 0 Å². The lowest BCUT2D eigenvalue weighted by atomic mass is 10.1. The van der Waals surface area contributed by atoms with E-state index in [1.54, 1.807) is 25.1 Å². The summed E-state index contributed by atoms with van der Waals surface area (Å²) in [6.45, 7) is 8.22. The standard InChI is InChI=1S/C25H24FN5O2/c1-4-13-30-17(3)21(14-22(32)27-15-18-7-11-20(26)12-8-18)24(33)31-25(30)28-23(29-31)19-9-5-16(2)6-10-19/h4-12H,1,13-15H2,2-3H3,(H,27,32). The summed E-state index contributed by atoms with van der Waals surface area (Å²) in [6, 6.07) is 13.6. The van der Waals surface area contributed by atoms with Crippen molar-refractivity contribution < 1.29 is 9.18 Å². The van der Waals surface area contributed by atoms with Crippen molar-refractivity contribution >= 4 is 11.7 Å². The van der Waals surface area contributed by atoms with Gasteiger partial charge in [0.25, 0.3) is 5.56 Å². The summed E-state index contributed by atoms with van der Waals surface area (Å²) in [7, 11) is 0. The summed E-state index contributed by atoms with van der Waals surface area (Å²) in [6.07, 6.45) is 1.59. The summed E-state index contributed by atoms with van der Waals surface area (Å²) in [5.74, 6) is 0.170. The van der Waals surface area contributed by atoms with Gasteiger partial charge in [-0.05, 0) is 31.5 Å². The topological polar surface area (TPSA) is 81.3 Å². The molecular weight excluding hydrogens is 421 g/mol. The lowest BCUT2D eigenvalue weighted by molar-refractivity contribution is -0.120. The Labute approximate surface area is 190 Å². The largest absolute Gasteiger partial charge is 0.352 e. The van der Waals surface area contributed by atoms with E-state index in [0.29, 0.717) is 29.4 Å². The van der Waals surface area contributed by atoms with E-state index in [1.807, 2.05) is 35.8 Å². The summed E-state index contributed by atoms with van der Waals surface area (Å²) in [4.78, 5) is 30.5. The zero-order valence-electron chi connectivity index (χ0n) is 18.5. The number of rotatable bonds is 7. The van der Waals surface area contributed by atoms with Gasteiger partial charge in [0.05, 0.1) is 6.42 Å². The van der Waals surface area contributed by atoms with E-state index in [2.05, 4.69) is 22.0 Å². The number of aryl methyl sites for hydroxylation is 1. The van der Waals surface area contributed by atoms with E-state index in [4.69, 9.17) is 0 Å². The molecule has 0 aliphatic heterocycles. The summed E-state index contributed by atoms with van der Waals surface area (Å²) < 4.78 is 16.1. The highest BCUT2D eigenvalue weighted by molar-refractivity contribution is 5.78. The van der Waals surface area contributed by atoms with E-state index < -0.39 is 0 Å². The minimum Gasteiger partial charge on any atom is -0.352 e. The monoisotopic (exact) mass is 445 g/mol. The van der Waals surface area contributed by atoms with Crippen LogP contribution in [0.3, 0.4) is 0 Å². The van der Waals surface area contributed by atoms with Gasteiger partial charge in [-0.25, -0.2) is 4.39 Å². The summed E-state index contributed by atoms with van der Waals surface area (Å²) in [5.41, 5.74) is 3.25. The van der Waals surface area contributed by atoms with E-state index in [-0.39, 0.29) is 30.2 Å². The van der Waals surface area contributed by atoms with Crippen LogP contribution in [0.4, 0.5) is 4.39 Å². The number of hydrogen-bond acceptors (Lipinski definition) is 4. The quantitative estimate of drug-likeness (QED) is 0.443. The predicted octanol–water partition coefficient (Wildman–Crippen LogP) is 3.36. The molecule has 4 aromatic rings. The smallest absolute Gasteiger partial charge is 0.279 e. The second kappa shape index (κ2) is 9.20. The van der Waals surface area contributed by atoms with Crippen molar-refractivity contribution in [3.8, 4) is 11.4 Å². The third kappa shape index (κ3) is 4.59. The first kappa shape index (κ1) is 22.1. The highest BCUT2D eigenvalue weighted by Gasteiger charge is 2.20. The number of carbonyl (C=O) groups excluding carboxylic acids is 1. The molecule has 7 nitrogen and oxygen atoms in total. The van der Waals surface area contributed by atoms with E-state index in [0.717, 1.165) is 16.7 Å². The van der Waals surface area contributed by atoms with Crippen LogP contribution < -0.4 is 10.9 Å². The predicted molar refractivity (Wildman–Crippen MR) is 124 cm³/mol. The molecule has 0 unspecified atom stereocenters. The maximum absolute atomic E-state index is 13.3. The molecule has 0 fully saturated rings. The Morgan fingerprint density at radius 1 is 1.12 bits per heavy atom. The van der Waals surface area contributed by atoms with Crippen molar-refractivity contribution in [1.82, 2.24) is 24.5 Å². The fourth-order valence-corrected chi connectivity index (χ4v) is 3.61. The van der Waals surface area contributed by atoms with Crippen molar-refractivity contribution in [1.29, 1.82) is 0 Å². The number of aromatic nitrogens is 4. The average molecular weight is 445 g/mol. The van der Waals surface area contributed by atoms with Gasteiger partial charge in [-0.15, -0.1) is 11.7 Å². The van der Waals surface area contributed by atoms with Crippen LogP contribution in [0.25, 0.3) is 17.2 Å². The Hall–Kier alpha value is -4.07. The normalized spacial score (nSPS) is 11.0. The van der Waals surface area contributed by atoms with E-state index in [9.17, 15) is 14.0 Å². The van der Waals surface area contributed by atoms with E-state index >= 15 is 0 Å². The van der Waals surface area contributed by atoms with Crippen molar-refractivity contribution in [3.05, 3.63) is 99.7 Å². The van der Waals surface area contributed by atoms with Crippen LogP contribution in [0.2, 0.25) is 0 Å². The Bertz CT molecular complexity index is 1390. The van der Waals surface area contributed by atoms with Gasteiger partial charge in [-0.1, -0.05) is 48.0 Å². The molecule has 1 N–H and O–H groups in total. The minimum atomic E-state index is -0.384. The molecule has 0 bridgehead atoms. The molecule has 4 rings (SSSR count). The Balaban J connectivity index is 1.67. The SMILES string of the molecule is C=CCn1c(C)c(CC(=O)NCc2ccc(F)cc2)c(=O)n2nc(-c3ccc(C)cc3)nc12. The third-order valence-electron chi connectivity index (χ3n) is 5.49. The lowest BCUT2D eigenvalue weighted by Gasteiger charge is -2.14. The number of fused-ring (bicyclic) bond motifs is 1. The molecule has 0 radical (unpaired) electrons. The van der Waals surface area contributed by atoms with Gasteiger partial charge in [0.15, 0.2) is 5.82 Å². The number of nitrogens with zero attached hydrogens (tertiary/aromatic N) is 4. The van der Waals surface area contributed by atoms with Gasteiger partial charge in [0.1, 0.15) is 5.82 Å². The molecule has 2 aromatic heterocycles. The van der Waals surface area contributed by atoms with Crippen LogP contribution in [-0.2, 0) is 24.3 Å². The molecule has 0 atom stereocenters. The molecule has 33 heavy (non-hydrogen) atoms. The second-order valence-corrected chi connectivity index (χ2v) is 7.86. The molecule has 0 aliphatic carbocycles. The maximum atomic E-state index is 13.3. The number of nitrogens with one attached hydrogen (secondary N) is 1. The van der Waals surface area contributed by atoms with Crippen LogP contribution in [-0.4, -0.2) is 25.1 Å². The maximum Gasteiger partial charge on any atom is 0.279 e. The fourth-order valence-electron chi connectivity index (χ4n) is 3.61. The second-order valence-electron chi connectivity index (χ2n) is 7.86. The van der Waals surface area contributed by atoms with Gasteiger partial charge in [0.2, 0.25) is 11.7 Å². The number of carbonyl (C=O) groups is 1. The number of allylic oxidation sites excluding steroid dienone is 1. The van der Waals surface area contributed by atoms with Gasteiger partial charge < -0.3 is 9.88 Å². The molecule has 0 saturated carbocycles. The number of benzene rings is 2. The number of amides is 1. The van der Waals surface area contributed by atoms with Crippen LogP contribution in [0, 0.1) is 19.7 Å². The summed E-state index contributed by atoms with van der Waals surface area (Å²) >= 11 is 0. The highest BCUT2D eigenvalue weighted by atomic mass is 19.1. The van der Waals surface area contributed by atoms with Crippen molar-refractivity contribution in [2.24, 2.45) is 0 Å². The van der Waals surface area contributed by atoms with Gasteiger partial charge in [-0.2, -0.15) is 9.50 Å². The van der Waals surface area contributed by atoms with Crippen LogP contribution in [0.1, 0.15) is 22.4 Å². The minimum absolute atomic E-state index is 0.112. The highest BCUT2D eigenvalue weighted by Crippen LogP contribution is 2.18. The first-order valence-corrected chi connectivity index (χ1v) is 10.6. The number of halogens is 1. The lowest BCUT2D eigenvalue weighted by Crippen LogP contribution is -2.32. The fraction of sp³-hybridized carbons (Fsp3) is 0.200. The Morgan fingerprint density at radius 3 is 2.48 bits per heavy atom. The Kier molecular flexibility index (Phi) is 6.17. The first-order chi connectivity index (χ1) is 15.9. The molecule has 2 aromatic carbocycles. The van der Waals surface area contributed by atoms with Crippen molar-refractivity contribution in [2.45, 2.75) is 33.4 Å². The van der Waals surface area contributed by atoms with Crippen LogP contribution in [0.15, 0.2) is 66.0 Å². The average Bonchev–Trinajstić information content (AvgIpc) is 3.25. The molecule has 168 valence electrons. The molecule has 8 heteroatoms. The summed E-state index contributed by atoms with van der Waals surface area (Å²) in [5, 5.41) is 7.22. The molecular formula is C25H24FN5O2. The van der Waals surface area contributed by atoms with Crippen LogP contribution >= 0.6 is 0 Å². The molecule has 0 saturated heterocycles. The van der Waals surface area contributed by atoms with E-state index in [1.165, 1.54) is 16.6 Å². The zero-order chi connectivity index (χ0) is 23.5. The van der Waals surface area contributed by atoms with Crippen molar-refractivity contribution in [2.75, 3.05) is 0 Å². The number of hydrogen-bond donors (Lipinski definition) is 1. The molecule has 1 amide bonds. The zero-order valence-corrected chi connectivity index (χ0v) is 18.5. The molecule has 0 spiro atoms.